The Morgan fingerprint density at radius 2 is 1.92 bits per heavy atom. The molecule has 1 fully saturated rings. The molecular weight excluding hydrogens is 498 g/mol. The van der Waals surface area contributed by atoms with Crippen LogP contribution in [0, 0.1) is 0 Å². The number of H-pyrrole nitrogens is 1. The smallest absolute Gasteiger partial charge is 0.215 e. The number of hydrogen-bond acceptors (Lipinski definition) is 6. The Kier molecular flexibility index (Phi) is 7.93. The lowest BCUT2D eigenvalue weighted by Crippen LogP contribution is -2.48. The Labute approximate surface area is 217 Å². The number of hydrogen-bond donors (Lipinski definition) is 1. The van der Waals surface area contributed by atoms with Crippen LogP contribution in [0.25, 0.3) is 0 Å². The highest BCUT2D eigenvalue weighted by molar-refractivity contribution is 7.89. The Balaban J connectivity index is 1.48. The van der Waals surface area contributed by atoms with E-state index in [0.29, 0.717) is 44.3 Å². The highest BCUT2D eigenvalue weighted by Gasteiger charge is 2.36. The summed E-state index contributed by atoms with van der Waals surface area (Å²) < 4.78 is 34.9. The second kappa shape index (κ2) is 11.3. The lowest BCUT2D eigenvalue weighted by atomic mass is 10.1. The van der Waals surface area contributed by atoms with E-state index in [9.17, 15) is 8.42 Å². The summed E-state index contributed by atoms with van der Waals surface area (Å²) in [4.78, 5) is 11.8. The minimum absolute atomic E-state index is 0.0781. The molecule has 0 bridgehead atoms. The van der Waals surface area contributed by atoms with Gasteiger partial charge in [-0.05, 0) is 35.7 Å². The van der Waals surface area contributed by atoms with Gasteiger partial charge in [-0.2, -0.15) is 4.31 Å². The van der Waals surface area contributed by atoms with Crippen LogP contribution in [0.3, 0.4) is 0 Å². The topological polar surface area (TPSA) is 81.8 Å². The molecule has 2 aliphatic heterocycles. The minimum atomic E-state index is -3.56. The van der Waals surface area contributed by atoms with Gasteiger partial charge in [0.15, 0.2) is 0 Å². The van der Waals surface area contributed by atoms with Gasteiger partial charge >= 0.3 is 0 Å². The molecule has 1 aromatic heterocycles. The summed E-state index contributed by atoms with van der Waals surface area (Å²) in [6.07, 6.45) is 4.10. The first-order valence-corrected chi connectivity index (χ1v) is 14.3. The maximum absolute atomic E-state index is 13.9. The number of nitrogens with one attached hydrogen (secondary N) is 1. The number of benzene rings is 2. The number of ether oxygens (including phenoxy) is 1. The molecule has 0 aliphatic carbocycles. The second-order valence-electron chi connectivity index (χ2n) is 9.39. The normalized spacial score (nSPS) is 19.7. The van der Waals surface area contributed by atoms with E-state index in [1.165, 1.54) is 0 Å². The van der Waals surface area contributed by atoms with E-state index in [0.717, 1.165) is 35.6 Å². The van der Waals surface area contributed by atoms with Crippen LogP contribution in [-0.2, 0) is 34.3 Å². The van der Waals surface area contributed by atoms with Crippen molar-refractivity contribution in [2.75, 3.05) is 50.0 Å². The molecule has 2 aliphatic rings. The molecule has 1 N–H and O–H groups in total. The van der Waals surface area contributed by atoms with Crippen LogP contribution in [0.5, 0.6) is 0 Å². The Bertz CT molecular complexity index is 1230. The lowest BCUT2D eigenvalue weighted by molar-refractivity contribution is 0.0406. The van der Waals surface area contributed by atoms with Crippen molar-refractivity contribution in [3.05, 3.63) is 82.9 Å². The molecule has 1 atom stereocenters. The quantitative estimate of drug-likeness (QED) is 0.483. The number of aromatic nitrogens is 2. The first kappa shape index (κ1) is 25.2. The van der Waals surface area contributed by atoms with Crippen LogP contribution < -0.4 is 4.90 Å². The van der Waals surface area contributed by atoms with E-state index in [4.69, 9.17) is 16.3 Å². The van der Waals surface area contributed by atoms with E-state index in [1.54, 1.807) is 10.6 Å². The zero-order valence-corrected chi connectivity index (χ0v) is 21.8. The lowest BCUT2D eigenvalue weighted by Gasteiger charge is -2.33. The Morgan fingerprint density at radius 1 is 1.11 bits per heavy atom. The van der Waals surface area contributed by atoms with Crippen molar-refractivity contribution < 1.29 is 13.2 Å². The molecule has 10 heteroatoms. The maximum atomic E-state index is 13.9. The van der Waals surface area contributed by atoms with Gasteiger partial charge in [-0.15, -0.1) is 0 Å². The van der Waals surface area contributed by atoms with Gasteiger partial charge in [-0.1, -0.05) is 41.9 Å². The summed E-state index contributed by atoms with van der Waals surface area (Å²) >= 11 is 6.39. The average molecular weight is 530 g/mol. The fourth-order valence-electron chi connectivity index (χ4n) is 5.02. The van der Waals surface area contributed by atoms with Gasteiger partial charge < -0.3 is 14.6 Å². The molecular formula is C26H32ClN5O3S. The number of halogens is 1. The van der Waals surface area contributed by atoms with Crippen LogP contribution >= 0.6 is 11.6 Å². The Hall–Kier alpha value is -2.43. The van der Waals surface area contributed by atoms with Crippen molar-refractivity contribution in [3.63, 3.8) is 0 Å². The standard InChI is InChI=1S/C26H32ClN5O3S/c27-23-6-7-26-22(15-23)17-32(36(33,34)13-10-30-8-11-35-12-9-30)25(14-21-4-2-1-3-5-21)19-31(26)18-24-16-28-20-29-24/h1-7,15-16,20,25H,8-14,17-19H2,(H,28,29). The van der Waals surface area contributed by atoms with E-state index < -0.39 is 10.0 Å². The number of sulfonamides is 1. The van der Waals surface area contributed by atoms with Crippen molar-refractivity contribution in [2.24, 2.45) is 0 Å². The highest BCUT2D eigenvalue weighted by Crippen LogP contribution is 2.33. The molecule has 0 spiro atoms. The van der Waals surface area contributed by atoms with Crippen LogP contribution in [0.2, 0.25) is 5.02 Å². The number of rotatable bonds is 8. The number of fused-ring (bicyclic) bond motifs is 1. The first-order valence-electron chi connectivity index (χ1n) is 12.3. The molecule has 1 saturated heterocycles. The van der Waals surface area contributed by atoms with Crippen molar-refractivity contribution in [3.8, 4) is 0 Å². The average Bonchev–Trinajstić information content (AvgIpc) is 3.34. The zero-order valence-electron chi connectivity index (χ0n) is 20.2. The summed E-state index contributed by atoms with van der Waals surface area (Å²) in [7, 11) is -3.56. The molecule has 36 heavy (non-hydrogen) atoms. The van der Waals surface area contributed by atoms with Crippen molar-refractivity contribution in [1.82, 2.24) is 19.2 Å². The fourth-order valence-corrected chi connectivity index (χ4v) is 6.87. The van der Waals surface area contributed by atoms with Gasteiger partial charge in [0.25, 0.3) is 0 Å². The number of aromatic amines is 1. The molecule has 192 valence electrons. The molecule has 5 rings (SSSR count). The molecule has 3 aromatic rings. The van der Waals surface area contributed by atoms with E-state index >= 15 is 0 Å². The van der Waals surface area contributed by atoms with Crippen molar-refractivity contribution in [1.29, 1.82) is 0 Å². The molecule has 2 aromatic carbocycles. The molecule has 0 radical (unpaired) electrons. The highest BCUT2D eigenvalue weighted by atomic mass is 35.5. The number of morpholine rings is 1. The SMILES string of the molecule is O=S(=O)(CCN1CCOCC1)N1Cc2cc(Cl)ccc2N(Cc2cnc[nH]2)CC1Cc1ccccc1. The predicted octanol–water partition coefficient (Wildman–Crippen LogP) is 3.16. The van der Waals surface area contributed by atoms with Gasteiger partial charge in [0.1, 0.15) is 0 Å². The summed E-state index contributed by atoms with van der Waals surface area (Å²) in [5.41, 5.74) is 3.99. The molecule has 3 heterocycles. The van der Waals surface area contributed by atoms with E-state index in [1.807, 2.05) is 42.6 Å². The summed E-state index contributed by atoms with van der Waals surface area (Å²) in [5, 5.41) is 0.599. The van der Waals surface area contributed by atoms with Crippen LogP contribution in [0.15, 0.2) is 61.1 Å². The van der Waals surface area contributed by atoms with Gasteiger partial charge in [0, 0.05) is 55.7 Å². The predicted molar refractivity (Wildman–Crippen MR) is 142 cm³/mol. The summed E-state index contributed by atoms with van der Waals surface area (Å²) in [6.45, 7) is 4.77. The van der Waals surface area contributed by atoms with Gasteiger partial charge in [0.05, 0.1) is 37.5 Å². The van der Waals surface area contributed by atoms with Crippen LogP contribution in [0.1, 0.15) is 16.8 Å². The fraction of sp³-hybridized carbons (Fsp3) is 0.423. The maximum Gasteiger partial charge on any atom is 0.215 e. The molecule has 0 amide bonds. The largest absolute Gasteiger partial charge is 0.379 e. The van der Waals surface area contributed by atoms with Crippen LogP contribution in [-0.4, -0.2) is 78.8 Å². The molecule has 0 saturated carbocycles. The summed E-state index contributed by atoms with van der Waals surface area (Å²) in [5.74, 6) is 0.0781. The third kappa shape index (κ3) is 6.10. The monoisotopic (exact) mass is 529 g/mol. The summed E-state index contributed by atoms with van der Waals surface area (Å²) in [6, 6.07) is 15.6. The second-order valence-corrected chi connectivity index (χ2v) is 11.9. The van der Waals surface area contributed by atoms with Crippen molar-refractivity contribution >= 4 is 27.3 Å². The van der Waals surface area contributed by atoms with Gasteiger partial charge in [-0.3, -0.25) is 4.90 Å². The van der Waals surface area contributed by atoms with Gasteiger partial charge in [0.2, 0.25) is 10.0 Å². The number of nitrogens with zero attached hydrogens (tertiary/aromatic N) is 4. The van der Waals surface area contributed by atoms with E-state index in [2.05, 4.69) is 31.9 Å². The third-order valence-electron chi connectivity index (χ3n) is 6.90. The van der Waals surface area contributed by atoms with Crippen LogP contribution in [0.4, 0.5) is 5.69 Å². The zero-order chi connectivity index (χ0) is 25.0. The Morgan fingerprint density at radius 3 is 2.67 bits per heavy atom. The molecule has 8 nitrogen and oxygen atoms in total. The minimum Gasteiger partial charge on any atom is -0.379 e. The molecule has 1 unspecified atom stereocenters. The third-order valence-corrected chi connectivity index (χ3v) is 8.98. The van der Waals surface area contributed by atoms with Crippen molar-refractivity contribution in [2.45, 2.75) is 25.6 Å². The van der Waals surface area contributed by atoms with Gasteiger partial charge in [-0.25, -0.2) is 13.4 Å². The number of anilines is 1. The first-order chi connectivity index (χ1) is 17.5. The van der Waals surface area contributed by atoms with E-state index in [-0.39, 0.29) is 18.3 Å². The number of imidazole rings is 1.